The van der Waals surface area contributed by atoms with Crippen molar-refractivity contribution in [3.05, 3.63) is 88.0 Å². The molecular formula is C33H31BrFN4O3+. The maximum Gasteiger partial charge on any atom is 0.251 e. The molecule has 7 nitrogen and oxygen atoms in total. The fraction of sp³-hybridized carbons (Fsp3) is 0.333. The molecule has 7 rings (SSSR count). The first-order valence-electron chi connectivity index (χ1n) is 14.4. The number of fused-ring (bicyclic) bond motifs is 2. The predicted octanol–water partition coefficient (Wildman–Crippen LogP) is 5.48. The van der Waals surface area contributed by atoms with Crippen molar-refractivity contribution in [1.82, 2.24) is 10.3 Å². The van der Waals surface area contributed by atoms with Gasteiger partial charge in [-0.3, -0.25) is 9.59 Å². The largest absolute Gasteiger partial charge is 0.489 e. The van der Waals surface area contributed by atoms with Gasteiger partial charge < -0.3 is 15.8 Å². The Morgan fingerprint density at radius 2 is 1.98 bits per heavy atom. The van der Waals surface area contributed by atoms with E-state index in [-0.39, 0.29) is 24.0 Å². The Labute approximate surface area is 251 Å². The van der Waals surface area contributed by atoms with Gasteiger partial charge in [-0.2, -0.15) is 0 Å². The first-order chi connectivity index (χ1) is 20.2. The number of nitrogens with zero attached hydrogens (tertiary/aromatic N) is 2. The van der Waals surface area contributed by atoms with E-state index in [9.17, 15) is 9.59 Å². The lowest BCUT2D eigenvalue weighted by Crippen LogP contribution is -2.40. The fourth-order valence-corrected chi connectivity index (χ4v) is 6.30. The van der Waals surface area contributed by atoms with Crippen molar-refractivity contribution >= 4 is 38.5 Å². The molecule has 9 heteroatoms. The van der Waals surface area contributed by atoms with Crippen LogP contribution in [-0.2, 0) is 10.2 Å². The number of benzene rings is 2. The molecule has 4 aromatic rings. The van der Waals surface area contributed by atoms with Crippen LogP contribution in [0.1, 0.15) is 66.2 Å². The second kappa shape index (κ2) is 10.2. The summed E-state index contributed by atoms with van der Waals surface area (Å²) < 4.78 is 23.8. The molecule has 2 aromatic carbocycles. The molecule has 2 aliphatic carbocycles. The number of nitrogens with one attached hydrogen (secondary N) is 1. The molecule has 2 amide bonds. The van der Waals surface area contributed by atoms with E-state index in [0.29, 0.717) is 51.2 Å². The molecule has 2 saturated carbocycles. The van der Waals surface area contributed by atoms with Crippen LogP contribution in [0, 0.1) is 11.7 Å². The molecule has 3 N–H and O–H groups in total. The zero-order valence-electron chi connectivity index (χ0n) is 23.2. The van der Waals surface area contributed by atoms with E-state index in [4.69, 9.17) is 15.5 Å². The Kier molecular flexibility index (Phi) is 6.53. The second-order valence-electron chi connectivity index (χ2n) is 12.0. The van der Waals surface area contributed by atoms with Crippen LogP contribution < -0.4 is 20.4 Å². The molecule has 0 saturated heterocycles. The van der Waals surface area contributed by atoms with Crippen LogP contribution in [-0.4, -0.2) is 29.9 Å². The van der Waals surface area contributed by atoms with Gasteiger partial charge in [0.25, 0.3) is 5.91 Å². The van der Waals surface area contributed by atoms with Gasteiger partial charge in [0.15, 0.2) is 18.4 Å². The zero-order chi connectivity index (χ0) is 29.2. The van der Waals surface area contributed by atoms with Crippen LogP contribution in [0.25, 0.3) is 22.0 Å². The van der Waals surface area contributed by atoms with E-state index in [1.54, 1.807) is 25.1 Å². The quantitative estimate of drug-likeness (QED) is 0.252. The van der Waals surface area contributed by atoms with Crippen LogP contribution in [0.3, 0.4) is 0 Å². The highest BCUT2D eigenvalue weighted by atomic mass is 79.9. The maximum absolute atomic E-state index is 15.3. The Morgan fingerprint density at radius 1 is 1.17 bits per heavy atom. The summed E-state index contributed by atoms with van der Waals surface area (Å²) in [6, 6.07) is 15.3. The van der Waals surface area contributed by atoms with E-state index in [2.05, 4.69) is 44.3 Å². The molecule has 2 aromatic heterocycles. The average molecular weight is 631 g/mol. The summed E-state index contributed by atoms with van der Waals surface area (Å²) >= 11 is 3.28. The van der Waals surface area contributed by atoms with Crippen LogP contribution in [0.15, 0.2) is 65.4 Å². The molecule has 2 fully saturated rings. The first kappa shape index (κ1) is 27.0. The molecule has 0 bridgehead atoms. The molecule has 214 valence electrons. The van der Waals surface area contributed by atoms with Crippen molar-refractivity contribution in [2.75, 3.05) is 13.2 Å². The number of pyridine rings is 2. The molecular weight excluding hydrogens is 599 g/mol. The van der Waals surface area contributed by atoms with Crippen LogP contribution in [0.2, 0.25) is 0 Å². The highest BCUT2D eigenvalue weighted by Crippen LogP contribution is 2.49. The highest BCUT2D eigenvalue weighted by Gasteiger charge is 2.45. The summed E-state index contributed by atoms with van der Waals surface area (Å²) in [5.74, 6) is -0.578. The lowest BCUT2D eigenvalue weighted by Gasteiger charge is -2.22. The lowest BCUT2D eigenvalue weighted by molar-refractivity contribution is -0.699. The van der Waals surface area contributed by atoms with Gasteiger partial charge in [0.2, 0.25) is 5.91 Å². The Hall–Kier alpha value is -3.85. The van der Waals surface area contributed by atoms with Gasteiger partial charge in [-0.15, -0.1) is 0 Å². The van der Waals surface area contributed by atoms with E-state index >= 15 is 4.39 Å². The van der Waals surface area contributed by atoms with Gasteiger partial charge in [-0.25, -0.2) is 13.9 Å². The summed E-state index contributed by atoms with van der Waals surface area (Å²) in [5, 5.41) is 5.26. The predicted molar refractivity (Wildman–Crippen MR) is 160 cm³/mol. The monoisotopic (exact) mass is 629 g/mol. The van der Waals surface area contributed by atoms with Crippen LogP contribution >= 0.6 is 15.9 Å². The van der Waals surface area contributed by atoms with Gasteiger partial charge in [0, 0.05) is 59.1 Å². The van der Waals surface area contributed by atoms with Crippen molar-refractivity contribution in [2.24, 2.45) is 11.7 Å². The summed E-state index contributed by atoms with van der Waals surface area (Å²) in [4.78, 5) is 30.9. The lowest BCUT2D eigenvalue weighted by atomic mass is 9.82. The number of rotatable bonds is 8. The number of amides is 2. The number of hydrogen-bond donors (Lipinski definition) is 2. The molecule has 3 heterocycles. The third-order valence-corrected chi connectivity index (χ3v) is 9.54. The van der Waals surface area contributed by atoms with Crippen molar-refractivity contribution in [3.8, 4) is 17.0 Å². The maximum atomic E-state index is 15.3. The average Bonchev–Trinajstić information content (AvgIpc) is 3.92. The molecule has 1 aliphatic heterocycles. The van der Waals surface area contributed by atoms with Crippen LogP contribution in [0.4, 0.5) is 4.39 Å². The number of halogens is 2. The van der Waals surface area contributed by atoms with Gasteiger partial charge in [0.1, 0.15) is 29.3 Å². The fourth-order valence-electron chi connectivity index (χ4n) is 5.93. The molecule has 42 heavy (non-hydrogen) atoms. The number of ether oxygens (including phenoxy) is 1. The zero-order valence-corrected chi connectivity index (χ0v) is 24.8. The normalized spacial score (nSPS) is 20.2. The molecule has 2 atom stereocenters. The first-order valence-corrected chi connectivity index (χ1v) is 15.2. The van der Waals surface area contributed by atoms with Crippen LogP contribution in [0.5, 0.6) is 5.75 Å². The van der Waals surface area contributed by atoms with E-state index in [1.165, 1.54) is 12.8 Å². The minimum atomic E-state index is -1.08. The molecule has 0 spiro atoms. The third-order valence-electron chi connectivity index (χ3n) is 8.93. The second-order valence-corrected chi connectivity index (χ2v) is 12.8. The minimum Gasteiger partial charge on any atom is -0.489 e. The molecule has 0 radical (unpaired) electrons. The number of aromatic nitrogens is 2. The van der Waals surface area contributed by atoms with Gasteiger partial charge >= 0.3 is 0 Å². The Balaban J connectivity index is 1.22. The Morgan fingerprint density at radius 3 is 2.71 bits per heavy atom. The highest BCUT2D eigenvalue weighted by molar-refractivity contribution is 9.10. The summed E-state index contributed by atoms with van der Waals surface area (Å²) in [6.45, 7) is 2.16. The SMILES string of the molecule is C[C@]1(C(N)=O)COc2c1cc([C@@H](CNC(=O)c1ccc3cc[n+](C4CC4)cc3c1)C1CC1)nc2-c1cccc(Br)c1F. The molecule has 3 aliphatic rings. The summed E-state index contributed by atoms with van der Waals surface area (Å²) in [7, 11) is 0. The smallest absolute Gasteiger partial charge is 0.251 e. The van der Waals surface area contributed by atoms with Crippen molar-refractivity contribution in [2.45, 2.75) is 50.0 Å². The number of primary amides is 1. The van der Waals surface area contributed by atoms with Crippen molar-refractivity contribution in [3.63, 3.8) is 0 Å². The standard InChI is InChI=1S/C33H30BrFN4O3/c1-33(32(36)41)17-42-30-25(33)14-27(38-29(30)23-3-2-4-26(34)28(23)35)24(19-6-7-19)15-37-31(40)20-8-5-18-11-12-39(22-9-10-22)16-21(18)13-20/h2-5,8,11-14,16,19,22,24H,6-7,9-10,15,17H2,1H3,(H2-,36,37,40,41)/p+1/t24-,33-/m0/s1. The number of carbonyl (C=O) groups is 2. The van der Waals surface area contributed by atoms with E-state index in [1.807, 2.05) is 24.3 Å². The third kappa shape index (κ3) is 4.73. The van der Waals surface area contributed by atoms with Crippen molar-refractivity contribution in [1.29, 1.82) is 0 Å². The van der Waals surface area contributed by atoms with Crippen molar-refractivity contribution < 1.29 is 23.3 Å². The molecule has 0 unspecified atom stereocenters. The number of hydrogen-bond acceptors (Lipinski definition) is 4. The van der Waals surface area contributed by atoms with Gasteiger partial charge in [-0.1, -0.05) is 12.1 Å². The summed E-state index contributed by atoms with van der Waals surface area (Å²) in [6.07, 6.45) is 8.60. The van der Waals surface area contributed by atoms with Gasteiger partial charge in [-0.05, 0) is 77.3 Å². The topological polar surface area (TPSA) is 98.2 Å². The number of nitrogens with two attached hydrogens (primary N) is 1. The van der Waals surface area contributed by atoms with Gasteiger partial charge in [0.05, 0.1) is 4.47 Å². The Bertz CT molecular complexity index is 1770. The van der Waals surface area contributed by atoms with E-state index in [0.717, 1.165) is 23.6 Å². The summed E-state index contributed by atoms with van der Waals surface area (Å²) in [5.41, 5.74) is 7.25. The minimum absolute atomic E-state index is 0.0545. The van der Waals surface area contributed by atoms with E-state index < -0.39 is 17.1 Å². The number of carbonyl (C=O) groups excluding carboxylic acids is 2.